The van der Waals surface area contributed by atoms with E-state index in [9.17, 15) is 5.11 Å². The Bertz CT molecular complexity index is 530. The number of halogens is 1. The smallest absolute Gasteiger partial charge is 0.0705 e. The predicted molar refractivity (Wildman–Crippen MR) is 77.4 cm³/mol. The van der Waals surface area contributed by atoms with Gasteiger partial charge in [-0.25, -0.2) is 0 Å². The number of hydrogen-bond acceptors (Lipinski definition) is 3. The molecule has 96 valence electrons. The maximum atomic E-state index is 9.49. The molecule has 1 heterocycles. The SMILES string of the molecule is CC[C@@H](O)CNCc1cc2ncccc2cc1Br. The van der Waals surface area contributed by atoms with Crippen molar-refractivity contribution < 1.29 is 5.11 Å². The van der Waals surface area contributed by atoms with Gasteiger partial charge in [-0.2, -0.15) is 0 Å². The average molecular weight is 309 g/mol. The van der Waals surface area contributed by atoms with Gasteiger partial charge in [-0.05, 0) is 30.2 Å². The second-order valence-corrected chi connectivity index (χ2v) is 5.19. The van der Waals surface area contributed by atoms with Gasteiger partial charge in [0.2, 0.25) is 0 Å². The van der Waals surface area contributed by atoms with Crippen LogP contribution in [0.5, 0.6) is 0 Å². The molecule has 0 unspecified atom stereocenters. The molecule has 1 aromatic heterocycles. The van der Waals surface area contributed by atoms with Crippen LogP contribution in [0.2, 0.25) is 0 Å². The fraction of sp³-hybridized carbons (Fsp3) is 0.357. The van der Waals surface area contributed by atoms with Crippen molar-refractivity contribution in [3.8, 4) is 0 Å². The molecule has 0 bridgehead atoms. The molecule has 0 aliphatic heterocycles. The molecule has 0 aliphatic rings. The Balaban J connectivity index is 2.10. The average Bonchev–Trinajstić information content (AvgIpc) is 2.39. The fourth-order valence-corrected chi connectivity index (χ4v) is 2.29. The molecule has 18 heavy (non-hydrogen) atoms. The van der Waals surface area contributed by atoms with Crippen molar-refractivity contribution in [2.75, 3.05) is 6.54 Å². The molecule has 2 rings (SSSR count). The first-order valence-corrected chi connectivity index (χ1v) is 6.92. The lowest BCUT2D eigenvalue weighted by molar-refractivity contribution is 0.167. The molecular weight excluding hydrogens is 292 g/mol. The van der Waals surface area contributed by atoms with Gasteiger partial charge in [-0.1, -0.05) is 28.9 Å². The summed E-state index contributed by atoms with van der Waals surface area (Å²) in [4.78, 5) is 4.34. The Labute approximate surface area is 115 Å². The number of aliphatic hydroxyl groups is 1. The Morgan fingerprint density at radius 3 is 3.06 bits per heavy atom. The third-order valence-corrected chi connectivity index (χ3v) is 3.68. The van der Waals surface area contributed by atoms with E-state index in [0.29, 0.717) is 6.54 Å². The molecule has 3 nitrogen and oxygen atoms in total. The van der Waals surface area contributed by atoms with Crippen molar-refractivity contribution in [2.24, 2.45) is 0 Å². The van der Waals surface area contributed by atoms with Crippen LogP contribution >= 0.6 is 15.9 Å². The zero-order valence-corrected chi connectivity index (χ0v) is 11.9. The van der Waals surface area contributed by atoms with Crippen molar-refractivity contribution in [1.29, 1.82) is 0 Å². The number of fused-ring (bicyclic) bond motifs is 1. The van der Waals surface area contributed by atoms with Gasteiger partial charge in [0.05, 0.1) is 11.6 Å². The number of pyridine rings is 1. The summed E-state index contributed by atoms with van der Waals surface area (Å²) in [5, 5.41) is 13.9. The Morgan fingerprint density at radius 2 is 2.28 bits per heavy atom. The summed E-state index contributed by atoms with van der Waals surface area (Å²) in [7, 11) is 0. The lowest BCUT2D eigenvalue weighted by Gasteiger charge is -2.11. The van der Waals surface area contributed by atoms with Gasteiger partial charge in [0.15, 0.2) is 0 Å². The largest absolute Gasteiger partial charge is 0.392 e. The van der Waals surface area contributed by atoms with Crippen molar-refractivity contribution in [3.05, 3.63) is 40.5 Å². The highest BCUT2D eigenvalue weighted by Gasteiger charge is 2.05. The van der Waals surface area contributed by atoms with E-state index in [-0.39, 0.29) is 6.10 Å². The van der Waals surface area contributed by atoms with Gasteiger partial charge < -0.3 is 10.4 Å². The Hall–Kier alpha value is -0.970. The summed E-state index contributed by atoms with van der Waals surface area (Å²) in [6.07, 6.45) is 2.30. The Morgan fingerprint density at radius 1 is 1.44 bits per heavy atom. The van der Waals surface area contributed by atoms with Crippen LogP contribution in [0.4, 0.5) is 0 Å². The summed E-state index contributed by atoms with van der Waals surface area (Å²) in [6.45, 7) is 3.32. The van der Waals surface area contributed by atoms with Crippen molar-refractivity contribution in [3.63, 3.8) is 0 Å². The molecule has 1 atom stereocenters. The molecule has 1 aromatic carbocycles. The van der Waals surface area contributed by atoms with E-state index in [1.807, 2.05) is 19.1 Å². The van der Waals surface area contributed by atoms with E-state index in [0.717, 1.165) is 33.9 Å². The minimum Gasteiger partial charge on any atom is -0.392 e. The molecule has 2 N–H and O–H groups in total. The molecule has 0 spiro atoms. The molecule has 0 amide bonds. The third-order valence-electron chi connectivity index (χ3n) is 2.94. The third kappa shape index (κ3) is 3.28. The first-order valence-electron chi connectivity index (χ1n) is 6.12. The lowest BCUT2D eigenvalue weighted by Crippen LogP contribution is -2.25. The van der Waals surface area contributed by atoms with E-state index >= 15 is 0 Å². The predicted octanol–water partition coefficient (Wildman–Crippen LogP) is 2.86. The van der Waals surface area contributed by atoms with Crippen LogP contribution in [0, 0.1) is 0 Å². The van der Waals surface area contributed by atoms with E-state index in [4.69, 9.17) is 0 Å². The number of rotatable bonds is 5. The molecule has 4 heteroatoms. The van der Waals surface area contributed by atoms with Crippen LogP contribution in [0.1, 0.15) is 18.9 Å². The topological polar surface area (TPSA) is 45.1 Å². The molecule has 0 aliphatic carbocycles. The van der Waals surface area contributed by atoms with Crippen LogP contribution in [-0.4, -0.2) is 22.7 Å². The van der Waals surface area contributed by atoms with Crippen LogP contribution in [-0.2, 0) is 6.54 Å². The van der Waals surface area contributed by atoms with Crippen LogP contribution in [0.15, 0.2) is 34.9 Å². The van der Waals surface area contributed by atoms with Gasteiger partial charge >= 0.3 is 0 Å². The summed E-state index contributed by atoms with van der Waals surface area (Å²) >= 11 is 3.57. The number of aliphatic hydroxyl groups excluding tert-OH is 1. The lowest BCUT2D eigenvalue weighted by atomic mass is 10.1. The summed E-state index contributed by atoms with van der Waals surface area (Å²) < 4.78 is 1.07. The summed E-state index contributed by atoms with van der Waals surface area (Å²) in [6, 6.07) is 8.13. The van der Waals surface area contributed by atoms with Crippen LogP contribution in [0.25, 0.3) is 10.9 Å². The summed E-state index contributed by atoms with van der Waals surface area (Å²) in [5.74, 6) is 0. The van der Waals surface area contributed by atoms with E-state index in [1.165, 1.54) is 0 Å². The number of hydrogen-bond donors (Lipinski definition) is 2. The second-order valence-electron chi connectivity index (χ2n) is 4.33. The zero-order chi connectivity index (χ0) is 13.0. The maximum absolute atomic E-state index is 9.49. The molecule has 0 radical (unpaired) electrons. The highest BCUT2D eigenvalue weighted by Crippen LogP contribution is 2.23. The molecule has 2 aromatic rings. The van der Waals surface area contributed by atoms with Gasteiger partial charge in [-0.3, -0.25) is 4.98 Å². The molecule has 0 fully saturated rings. The van der Waals surface area contributed by atoms with E-state index in [1.54, 1.807) is 6.20 Å². The van der Waals surface area contributed by atoms with Gasteiger partial charge in [0.1, 0.15) is 0 Å². The van der Waals surface area contributed by atoms with Crippen molar-refractivity contribution in [1.82, 2.24) is 10.3 Å². The standard InChI is InChI=1S/C14H17BrN2O/c1-2-12(18)9-16-8-11-7-14-10(6-13(11)15)4-3-5-17-14/h3-7,12,16,18H,2,8-9H2,1H3/t12-/m1/s1. The van der Waals surface area contributed by atoms with Gasteiger partial charge in [-0.15, -0.1) is 0 Å². The first kappa shape index (κ1) is 13.5. The van der Waals surface area contributed by atoms with Crippen molar-refractivity contribution >= 4 is 26.8 Å². The minimum absolute atomic E-state index is 0.276. The van der Waals surface area contributed by atoms with Gasteiger partial charge in [0.25, 0.3) is 0 Å². The van der Waals surface area contributed by atoms with Crippen molar-refractivity contribution in [2.45, 2.75) is 26.0 Å². The highest BCUT2D eigenvalue weighted by atomic mass is 79.9. The van der Waals surface area contributed by atoms with Crippen LogP contribution < -0.4 is 5.32 Å². The molecule has 0 saturated carbocycles. The normalized spacial score (nSPS) is 12.8. The second kappa shape index (κ2) is 6.27. The first-order chi connectivity index (χ1) is 8.70. The monoisotopic (exact) mass is 308 g/mol. The highest BCUT2D eigenvalue weighted by molar-refractivity contribution is 9.10. The molecular formula is C14H17BrN2O. The maximum Gasteiger partial charge on any atom is 0.0705 e. The fourth-order valence-electron chi connectivity index (χ4n) is 1.79. The Kier molecular flexibility index (Phi) is 4.69. The van der Waals surface area contributed by atoms with E-state index in [2.05, 4.69) is 38.4 Å². The quantitative estimate of drug-likeness (QED) is 0.893. The minimum atomic E-state index is -0.276. The number of aromatic nitrogens is 1. The number of nitrogens with one attached hydrogen (secondary N) is 1. The summed E-state index contributed by atoms with van der Waals surface area (Å²) in [5.41, 5.74) is 2.15. The van der Waals surface area contributed by atoms with E-state index < -0.39 is 0 Å². The number of nitrogens with zero attached hydrogens (tertiary/aromatic N) is 1. The zero-order valence-electron chi connectivity index (χ0n) is 10.4. The number of benzene rings is 1. The molecule has 0 saturated heterocycles. The van der Waals surface area contributed by atoms with Gasteiger partial charge in [0, 0.05) is 29.1 Å². The van der Waals surface area contributed by atoms with Crippen LogP contribution in [0.3, 0.4) is 0 Å².